The monoisotopic (exact) mass is 404 g/mol. The molecule has 1 N–H and O–H groups in total. The first-order valence-corrected chi connectivity index (χ1v) is 9.41. The number of thiophene rings is 1. The molecule has 0 saturated heterocycles. The normalized spacial score (nSPS) is 16.1. The molecule has 1 amide bonds. The number of benzene rings is 1. The molecule has 1 atom stereocenters. The summed E-state index contributed by atoms with van der Waals surface area (Å²) in [6, 6.07) is 9.64. The third-order valence-corrected chi connectivity index (χ3v) is 5.90. The molecule has 1 heterocycles. The lowest BCUT2D eigenvalue weighted by Crippen LogP contribution is -2.20. The van der Waals surface area contributed by atoms with Crippen LogP contribution in [-0.4, -0.2) is 12.5 Å². The van der Waals surface area contributed by atoms with Crippen molar-refractivity contribution in [1.29, 1.82) is 5.26 Å². The number of fused-ring (bicyclic) bond motifs is 1. The predicted octanol–water partition coefficient (Wildman–Crippen LogP) is 4.52. The molecular weight excluding hydrogens is 388 g/mol. The van der Waals surface area contributed by atoms with Crippen LogP contribution in [0.1, 0.15) is 29.3 Å². The molecule has 124 valence electrons. The molecule has 3 rings (SSSR count). The molecule has 1 aromatic carbocycles. The van der Waals surface area contributed by atoms with Gasteiger partial charge in [0, 0.05) is 4.88 Å². The molecular formula is C18H17BrN2O2S. The Hall–Kier alpha value is -1.84. The van der Waals surface area contributed by atoms with Crippen LogP contribution in [-0.2, 0) is 17.6 Å². The number of hydrogen-bond acceptors (Lipinski definition) is 4. The molecule has 0 radical (unpaired) electrons. The minimum Gasteiger partial charge on any atom is -0.483 e. The third-order valence-electron chi connectivity index (χ3n) is 4.07. The van der Waals surface area contributed by atoms with E-state index < -0.39 is 0 Å². The zero-order valence-corrected chi connectivity index (χ0v) is 15.7. The largest absolute Gasteiger partial charge is 0.483 e. The van der Waals surface area contributed by atoms with Crippen LogP contribution in [0.3, 0.4) is 0 Å². The maximum absolute atomic E-state index is 12.2. The highest BCUT2D eigenvalue weighted by molar-refractivity contribution is 9.10. The maximum Gasteiger partial charge on any atom is 0.262 e. The van der Waals surface area contributed by atoms with Crippen LogP contribution >= 0.6 is 27.3 Å². The van der Waals surface area contributed by atoms with Crippen molar-refractivity contribution in [1.82, 2.24) is 0 Å². The summed E-state index contributed by atoms with van der Waals surface area (Å²) in [6.45, 7) is 2.13. The Morgan fingerprint density at radius 2 is 2.29 bits per heavy atom. The van der Waals surface area contributed by atoms with Crippen molar-refractivity contribution in [2.24, 2.45) is 5.92 Å². The van der Waals surface area contributed by atoms with Gasteiger partial charge in [-0.15, -0.1) is 11.3 Å². The summed E-state index contributed by atoms with van der Waals surface area (Å²) < 4.78 is 6.33. The van der Waals surface area contributed by atoms with Gasteiger partial charge >= 0.3 is 0 Å². The number of halogens is 1. The first kappa shape index (κ1) is 17.0. The smallest absolute Gasteiger partial charge is 0.262 e. The second-order valence-electron chi connectivity index (χ2n) is 5.93. The summed E-state index contributed by atoms with van der Waals surface area (Å²) in [4.78, 5) is 13.4. The van der Waals surface area contributed by atoms with Gasteiger partial charge in [-0.05, 0) is 58.8 Å². The maximum atomic E-state index is 12.2. The predicted molar refractivity (Wildman–Crippen MR) is 98.5 cm³/mol. The number of carbonyl (C=O) groups is 1. The van der Waals surface area contributed by atoms with Crippen LogP contribution in [0.4, 0.5) is 5.00 Å². The van der Waals surface area contributed by atoms with Gasteiger partial charge in [0.2, 0.25) is 0 Å². The van der Waals surface area contributed by atoms with Crippen LogP contribution in [0.2, 0.25) is 0 Å². The van der Waals surface area contributed by atoms with E-state index in [9.17, 15) is 10.1 Å². The Balaban J connectivity index is 1.69. The molecule has 0 bridgehead atoms. The average Bonchev–Trinajstić information content (AvgIpc) is 2.90. The SMILES string of the molecule is C[C@H]1CCc2c(sc(NC(=O)COc3ccccc3Br)c2C#N)C1. The number of ether oxygens (including phenoxy) is 1. The minimum atomic E-state index is -0.256. The number of nitrogens with one attached hydrogen (secondary N) is 1. The number of nitriles is 1. The van der Waals surface area contributed by atoms with Crippen LogP contribution in [0, 0.1) is 17.2 Å². The van der Waals surface area contributed by atoms with Crippen molar-refractivity contribution in [2.75, 3.05) is 11.9 Å². The number of para-hydroxylation sites is 1. The Morgan fingerprint density at radius 1 is 1.50 bits per heavy atom. The lowest BCUT2D eigenvalue weighted by molar-refractivity contribution is -0.118. The van der Waals surface area contributed by atoms with Crippen molar-refractivity contribution in [3.8, 4) is 11.8 Å². The van der Waals surface area contributed by atoms with Crippen molar-refractivity contribution in [3.05, 3.63) is 44.7 Å². The minimum absolute atomic E-state index is 0.0908. The number of hydrogen-bond donors (Lipinski definition) is 1. The van der Waals surface area contributed by atoms with Crippen LogP contribution < -0.4 is 10.1 Å². The van der Waals surface area contributed by atoms with Gasteiger partial charge in [0.15, 0.2) is 6.61 Å². The zero-order chi connectivity index (χ0) is 17.1. The van der Waals surface area contributed by atoms with Crippen molar-refractivity contribution < 1.29 is 9.53 Å². The fourth-order valence-electron chi connectivity index (χ4n) is 2.82. The average molecular weight is 405 g/mol. The first-order chi connectivity index (χ1) is 11.6. The van der Waals surface area contributed by atoms with Crippen LogP contribution in [0.25, 0.3) is 0 Å². The molecule has 1 aromatic heterocycles. The van der Waals surface area contributed by atoms with Gasteiger partial charge in [0.25, 0.3) is 5.91 Å². The lowest BCUT2D eigenvalue weighted by atomic mass is 9.89. The Kier molecular flexibility index (Phi) is 5.22. The summed E-state index contributed by atoms with van der Waals surface area (Å²) in [5.74, 6) is 0.992. The highest BCUT2D eigenvalue weighted by Gasteiger charge is 2.24. The summed E-state index contributed by atoms with van der Waals surface area (Å²) in [6.07, 6.45) is 2.99. The van der Waals surface area contributed by atoms with E-state index in [1.54, 1.807) is 6.07 Å². The van der Waals surface area contributed by atoms with E-state index in [0.717, 1.165) is 29.3 Å². The Morgan fingerprint density at radius 3 is 3.04 bits per heavy atom. The fraction of sp³-hybridized carbons (Fsp3) is 0.333. The van der Waals surface area contributed by atoms with E-state index in [1.807, 2.05) is 18.2 Å². The van der Waals surface area contributed by atoms with E-state index in [4.69, 9.17) is 4.74 Å². The van der Waals surface area contributed by atoms with Crippen molar-refractivity contribution in [3.63, 3.8) is 0 Å². The Labute approximate surface area is 153 Å². The van der Waals surface area contributed by atoms with E-state index >= 15 is 0 Å². The lowest BCUT2D eigenvalue weighted by Gasteiger charge is -2.17. The van der Waals surface area contributed by atoms with Gasteiger partial charge < -0.3 is 10.1 Å². The molecule has 0 aliphatic heterocycles. The van der Waals surface area contributed by atoms with Crippen LogP contribution in [0.15, 0.2) is 28.7 Å². The van der Waals surface area contributed by atoms with Gasteiger partial charge in [-0.1, -0.05) is 19.1 Å². The molecule has 4 nitrogen and oxygen atoms in total. The first-order valence-electron chi connectivity index (χ1n) is 7.80. The van der Waals surface area contributed by atoms with Gasteiger partial charge in [0.05, 0.1) is 10.0 Å². The molecule has 0 fully saturated rings. The topological polar surface area (TPSA) is 62.1 Å². The highest BCUT2D eigenvalue weighted by atomic mass is 79.9. The van der Waals surface area contributed by atoms with Gasteiger partial charge in [-0.2, -0.15) is 5.26 Å². The molecule has 1 aliphatic rings. The van der Waals surface area contributed by atoms with E-state index in [-0.39, 0.29) is 12.5 Å². The molecule has 6 heteroatoms. The summed E-state index contributed by atoms with van der Waals surface area (Å²) in [5.41, 5.74) is 1.73. The quantitative estimate of drug-likeness (QED) is 0.814. The van der Waals surface area contributed by atoms with E-state index in [2.05, 4.69) is 34.2 Å². The second-order valence-corrected chi connectivity index (χ2v) is 7.89. The number of amides is 1. The van der Waals surface area contributed by atoms with Gasteiger partial charge in [-0.3, -0.25) is 4.79 Å². The van der Waals surface area contributed by atoms with Crippen LogP contribution in [0.5, 0.6) is 5.75 Å². The number of anilines is 1. The summed E-state index contributed by atoms with van der Waals surface area (Å²) in [5, 5.41) is 12.9. The third kappa shape index (κ3) is 3.63. The van der Waals surface area contributed by atoms with Crippen molar-refractivity contribution >= 4 is 38.2 Å². The highest BCUT2D eigenvalue weighted by Crippen LogP contribution is 2.39. The second kappa shape index (κ2) is 7.37. The number of carbonyl (C=O) groups excluding carboxylic acids is 1. The molecule has 1 aliphatic carbocycles. The standard InChI is InChI=1S/C18H17BrN2O2S/c1-11-6-7-12-13(9-20)18(24-16(12)8-11)21-17(22)10-23-15-5-3-2-4-14(15)19/h2-5,11H,6-8,10H2,1H3,(H,21,22)/t11-/m0/s1. The van der Waals surface area contributed by atoms with E-state index in [0.29, 0.717) is 22.2 Å². The summed E-state index contributed by atoms with van der Waals surface area (Å²) >= 11 is 4.91. The molecule has 0 saturated carbocycles. The van der Waals surface area contributed by atoms with Gasteiger partial charge in [-0.25, -0.2) is 0 Å². The van der Waals surface area contributed by atoms with Crippen molar-refractivity contribution in [2.45, 2.75) is 26.2 Å². The molecule has 0 spiro atoms. The molecule has 24 heavy (non-hydrogen) atoms. The number of nitrogens with zero attached hydrogens (tertiary/aromatic N) is 1. The Bertz CT molecular complexity index is 810. The summed E-state index contributed by atoms with van der Waals surface area (Å²) in [7, 11) is 0. The molecule has 2 aromatic rings. The molecule has 0 unspecified atom stereocenters. The van der Waals surface area contributed by atoms with E-state index in [1.165, 1.54) is 16.2 Å². The van der Waals surface area contributed by atoms with Gasteiger partial charge in [0.1, 0.15) is 16.8 Å². The zero-order valence-electron chi connectivity index (χ0n) is 13.3. The number of rotatable bonds is 4. The fourth-order valence-corrected chi connectivity index (χ4v) is 4.60.